The number of nitriles is 2. The number of allylic oxidation sites excluding steroid dienone is 1. The number of nitrogens with one attached hydrogen (secondary N) is 1. The van der Waals surface area contributed by atoms with E-state index in [1.54, 1.807) is 0 Å². The van der Waals surface area contributed by atoms with Gasteiger partial charge in [0, 0.05) is 12.2 Å². The first-order chi connectivity index (χ1) is 6.33. The minimum atomic E-state index is -0.225. The maximum atomic E-state index is 8.84. The molecule has 3 nitrogen and oxygen atoms in total. The van der Waals surface area contributed by atoms with Gasteiger partial charge in [0.05, 0.1) is 17.7 Å². The van der Waals surface area contributed by atoms with Gasteiger partial charge in [-0.25, -0.2) is 0 Å². The molecule has 1 unspecified atom stereocenters. The molecule has 0 aliphatic carbocycles. The Labute approximate surface area is 78.7 Å². The minimum Gasteiger partial charge on any atom is -0.386 e. The molecule has 0 saturated carbocycles. The molecule has 0 fully saturated rings. The van der Waals surface area contributed by atoms with Crippen LogP contribution in [-0.4, -0.2) is 6.54 Å². The number of nitrogens with zero attached hydrogens (tertiary/aromatic N) is 2. The fraction of sp³-hybridized carbons (Fsp3) is 0.600. The standard InChI is InChI=1S/C10H13N3/c1-2-3-4-10-9(6-12)8(5-11)7-13-10/h8,13H,2-4,7H2,1H3. The zero-order valence-corrected chi connectivity index (χ0v) is 7.80. The summed E-state index contributed by atoms with van der Waals surface area (Å²) in [7, 11) is 0. The normalized spacial score (nSPS) is 20.7. The van der Waals surface area contributed by atoms with Crippen LogP contribution in [0.3, 0.4) is 0 Å². The smallest absolute Gasteiger partial charge is 0.100 e. The van der Waals surface area contributed by atoms with Crippen molar-refractivity contribution in [3.63, 3.8) is 0 Å². The summed E-state index contributed by atoms with van der Waals surface area (Å²) >= 11 is 0. The van der Waals surface area contributed by atoms with E-state index >= 15 is 0 Å². The van der Waals surface area contributed by atoms with Gasteiger partial charge < -0.3 is 5.32 Å². The van der Waals surface area contributed by atoms with E-state index in [0.717, 1.165) is 25.0 Å². The van der Waals surface area contributed by atoms with Gasteiger partial charge in [-0.05, 0) is 12.8 Å². The van der Waals surface area contributed by atoms with Gasteiger partial charge in [-0.15, -0.1) is 0 Å². The van der Waals surface area contributed by atoms with Crippen molar-refractivity contribution < 1.29 is 0 Å². The van der Waals surface area contributed by atoms with E-state index in [1.165, 1.54) is 0 Å². The van der Waals surface area contributed by atoms with Crippen molar-refractivity contribution in [1.29, 1.82) is 10.5 Å². The van der Waals surface area contributed by atoms with Gasteiger partial charge in [0.1, 0.15) is 5.92 Å². The average Bonchev–Trinajstić information content (AvgIpc) is 2.56. The number of rotatable bonds is 3. The van der Waals surface area contributed by atoms with Crippen molar-refractivity contribution in [3.8, 4) is 12.1 Å². The Kier molecular flexibility index (Phi) is 3.34. The van der Waals surface area contributed by atoms with Crippen LogP contribution in [-0.2, 0) is 0 Å². The van der Waals surface area contributed by atoms with Crippen LogP contribution in [0.1, 0.15) is 26.2 Å². The zero-order valence-electron chi connectivity index (χ0n) is 7.80. The molecule has 1 rings (SSSR count). The summed E-state index contributed by atoms with van der Waals surface area (Å²) in [5.74, 6) is -0.225. The van der Waals surface area contributed by atoms with Crippen molar-refractivity contribution in [2.45, 2.75) is 26.2 Å². The summed E-state index contributed by atoms with van der Waals surface area (Å²) in [4.78, 5) is 0. The Morgan fingerprint density at radius 1 is 1.54 bits per heavy atom. The highest BCUT2D eigenvalue weighted by atomic mass is 14.9. The fourth-order valence-corrected chi connectivity index (χ4v) is 1.47. The van der Waals surface area contributed by atoms with Crippen molar-refractivity contribution in [2.24, 2.45) is 5.92 Å². The largest absolute Gasteiger partial charge is 0.386 e. The Bertz CT molecular complexity index is 290. The molecular weight excluding hydrogens is 162 g/mol. The van der Waals surface area contributed by atoms with E-state index in [-0.39, 0.29) is 5.92 Å². The summed E-state index contributed by atoms with van der Waals surface area (Å²) in [5, 5.41) is 20.7. The van der Waals surface area contributed by atoms with Crippen molar-refractivity contribution in [3.05, 3.63) is 11.3 Å². The van der Waals surface area contributed by atoms with E-state index in [1.807, 2.05) is 0 Å². The second kappa shape index (κ2) is 4.52. The molecule has 13 heavy (non-hydrogen) atoms. The quantitative estimate of drug-likeness (QED) is 0.710. The highest BCUT2D eigenvalue weighted by Crippen LogP contribution is 2.22. The molecule has 1 aliphatic heterocycles. The van der Waals surface area contributed by atoms with Crippen LogP contribution < -0.4 is 5.32 Å². The van der Waals surface area contributed by atoms with E-state index in [4.69, 9.17) is 10.5 Å². The van der Waals surface area contributed by atoms with E-state index < -0.39 is 0 Å². The molecule has 0 bridgehead atoms. The summed E-state index contributed by atoms with van der Waals surface area (Å²) in [6, 6.07) is 4.25. The molecular formula is C10H13N3. The lowest BCUT2D eigenvalue weighted by atomic mass is 10.0. The van der Waals surface area contributed by atoms with Crippen LogP contribution in [0.4, 0.5) is 0 Å². The molecule has 0 spiro atoms. The first-order valence-corrected chi connectivity index (χ1v) is 4.60. The molecule has 1 heterocycles. The number of hydrogen-bond acceptors (Lipinski definition) is 3. The Morgan fingerprint density at radius 3 is 2.85 bits per heavy atom. The molecule has 1 aliphatic rings. The van der Waals surface area contributed by atoms with Gasteiger partial charge in [0.2, 0.25) is 0 Å². The first kappa shape index (κ1) is 9.61. The van der Waals surface area contributed by atoms with Gasteiger partial charge in [0.15, 0.2) is 0 Å². The molecule has 0 amide bonds. The van der Waals surface area contributed by atoms with Gasteiger partial charge in [-0.1, -0.05) is 13.3 Å². The van der Waals surface area contributed by atoms with E-state index in [9.17, 15) is 0 Å². The second-order valence-corrected chi connectivity index (χ2v) is 3.17. The fourth-order valence-electron chi connectivity index (χ4n) is 1.47. The summed E-state index contributed by atoms with van der Waals surface area (Å²) in [6.07, 6.45) is 3.09. The van der Waals surface area contributed by atoms with Crippen molar-refractivity contribution >= 4 is 0 Å². The molecule has 0 aromatic rings. The van der Waals surface area contributed by atoms with Gasteiger partial charge in [0.25, 0.3) is 0 Å². The predicted octanol–water partition coefficient (Wildman–Crippen LogP) is 1.70. The third-order valence-corrected chi connectivity index (χ3v) is 2.25. The summed E-state index contributed by atoms with van der Waals surface area (Å²) < 4.78 is 0. The molecule has 0 aromatic heterocycles. The second-order valence-electron chi connectivity index (χ2n) is 3.17. The van der Waals surface area contributed by atoms with Crippen molar-refractivity contribution in [1.82, 2.24) is 5.32 Å². The molecule has 0 saturated heterocycles. The van der Waals surface area contributed by atoms with Crippen LogP contribution in [0.2, 0.25) is 0 Å². The third kappa shape index (κ3) is 2.00. The van der Waals surface area contributed by atoms with Gasteiger partial charge >= 0.3 is 0 Å². The highest BCUT2D eigenvalue weighted by Gasteiger charge is 2.24. The van der Waals surface area contributed by atoms with Gasteiger partial charge in [-0.3, -0.25) is 0 Å². The lowest BCUT2D eigenvalue weighted by Crippen LogP contribution is -2.10. The van der Waals surface area contributed by atoms with Crippen LogP contribution in [0.25, 0.3) is 0 Å². The van der Waals surface area contributed by atoms with E-state index in [0.29, 0.717) is 12.1 Å². The maximum absolute atomic E-state index is 8.84. The monoisotopic (exact) mass is 175 g/mol. The predicted molar refractivity (Wildman–Crippen MR) is 49.3 cm³/mol. The molecule has 3 heteroatoms. The summed E-state index contributed by atoms with van der Waals surface area (Å²) in [5.41, 5.74) is 1.63. The maximum Gasteiger partial charge on any atom is 0.100 e. The van der Waals surface area contributed by atoms with Crippen LogP contribution in [0.15, 0.2) is 11.3 Å². The van der Waals surface area contributed by atoms with Crippen LogP contribution in [0, 0.1) is 28.6 Å². The Balaban J connectivity index is 2.71. The average molecular weight is 175 g/mol. The minimum absolute atomic E-state index is 0.225. The molecule has 68 valence electrons. The number of hydrogen-bond donors (Lipinski definition) is 1. The van der Waals surface area contributed by atoms with Gasteiger partial charge in [-0.2, -0.15) is 10.5 Å². The molecule has 0 radical (unpaired) electrons. The van der Waals surface area contributed by atoms with Crippen molar-refractivity contribution in [2.75, 3.05) is 6.54 Å². The SMILES string of the molecule is CCCCC1=C(C#N)C(C#N)CN1. The lowest BCUT2D eigenvalue weighted by Gasteiger charge is -2.01. The van der Waals surface area contributed by atoms with Crippen LogP contribution >= 0.6 is 0 Å². The highest BCUT2D eigenvalue weighted by molar-refractivity contribution is 5.37. The van der Waals surface area contributed by atoms with E-state index in [2.05, 4.69) is 24.4 Å². The lowest BCUT2D eigenvalue weighted by molar-refractivity contribution is 0.718. The zero-order chi connectivity index (χ0) is 9.68. The Hall–Kier alpha value is -1.48. The summed E-state index contributed by atoms with van der Waals surface area (Å²) in [6.45, 7) is 2.72. The molecule has 0 aromatic carbocycles. The first-order valence-electron chi connectivity index (χ1n) is 4.60. The Morgan fingerprint density at radius 2 is 2.31 bits per heavy atom. The third-order valence-electron chi connectivity index (χ3n) is 2.25. The number of unbranched alkanes of at least 4 members (excludes halogenated alkanes) is 1. The molecule has 1 N–H and O–H groups in total. The van der Waals surface area contributed by atoms with Crippen LogP contribution in [0.5, 0.6) is 0 Å². The molecule has 1 atom stereocenters. The topological polar surface area (TPSA) is 59.6 Å².